The maximum atomic E-state index is 13.2. The Morgan fingerprint density at radius 3 is 2.43 bits per heavy atom. The number of halogens is 3. The van der Waals surface area contributed by atoms with Crippen molar-refractivity contribution in [3.05, 3.63) is 93.1 Å². The van der Waals surface area contributed by atoms with Crippen LogP contribution in [0.3, 0.4) is 0 Å². The lowest BCUT2D eigenvalue weighted by Crippen LogP contribution is -2.46. The van der Waals surface area contributed by atoms with Crippen LogP contribution in [0.2, 0.25) is 15.1 Å². The number of hydrogen-bond acceptors (Lipinski definition) is 6. The number of likely N-dealkylation sites (N-methyl/N-ethyl adjacent to an activating group) is 1. The summed E-state index contributed by atoms with van der Waals surface area (Å²) in [6, 6.07) is 18.9. The van der Waals surface area contributed by atoms with Gasteiger partial charge in [-0.15, -0.1) is 0 Å². The van der Waals surface area contributed by atoms with Crippen molar-refractivity contribution in [3.8, 4) is 5.75 Å². The van der Waals surface area contributed by atoms with Gasteiger partial charge in [-0.3, -0.25) is 9.80 Å². The van der Waals surface area contributed by atoms with Gasteiger partial charge in [-0.1, -0.05) is 59.9 Å². The third-order valence-corrected chi connectivity index (χ3v) is 7.89. The molecule has 0 aliphatic carbocycles. The molecule has 2 heterocycles. The summed E-state index contributed by atoms with van der Waals surface area (Å²) < 4.78 is 6.03. The zero-order valence-corrected chi connectivity index (χ0v) is 25.8. The van der Waals surface area contributed by atoms with Gasteiger partial charge in [0.2, 0.25) is 5.95 Å². The Kier molecular flexibility index (Phi) is 9.26. The molecule has 1 N–H and O–H groups in total. The van der Waals surface area contributed by atoms with E-state index in [1.165, 1.54) is 21.1 Å². The molecule has 1 aliphatic rings. The summed E-state index contributed by atoms with van der Waals surface area (Å²) in [7, 11) is 1.65. The summed E-state index contributed by atoms with van der Waals surface area (Å²) in [6.07, 6.45) is 2.68. The summed E-state index contributed by atoms with van der Waals surface area (Å²) in [5.41, 5.74) is 4.52. The zero-order chi connectivity index (χ0) is 29.8. The Morgan fingerprint density at radius 1 is 1.02 bits per heavy atom. The van der Waals surface area contributed by atoms with Crippen LogP contribution < -0.4 is 24.8 Å². The lowest BCUT2D eigenvalue weighted by Gasteiger charge is -2.34. The molecule has 0 spiro atoms. The molecule has 2 amide bonds. The van der Waals surface area contributed by atoms with Gasteiger partial charge in [-0.2, -0.15) is 4.98 Å². The first kappa shape index (κ1) is 29.8. The Labute approximate surface area is 260 Å². The molecule has 0 saturated heterocycles. The largest absolute Gasteiger partial charge is 0.492 e. The molecule has 1 aliphatic heterocycles. The minimum Gasteiger partial charge on any atom is -0.492 e. The van der Waals surface area contributed by atoms with Gasteiger partial charge in [0.25, 0.3) is 0 Å². The number of para-hydroxylation sites is 1. The summed E-state index contributed by atoms with van der Waals surface area (Å²) in [4.78, 5) is 27.6. The van der Waals surface area contributed by atoms with Crippen molar-refractivity contribution in [1.82, 2.24) is 9.97 Å². The molecular formula is C31H31Cl3N6O2. The van der Waals surface area contributed by atoms with E-state index in [2.05, 4.69) is 58.3 Å². The van der Waals surface area contributed by atoms with Gasteiger partial charge < -0.3 is 15.0 Å². The van der Waals surface area contributed by atoms with Crippen molar-refractivity contribution in [2.24, 2.45) is 0 Å². The van der Waals surface area contributed by atoms with E-state index in [0.717, 1.165) is 36.5 Å². The van der Waals surface area contributed by atoms with Crippen LogP contribution in [-0.2, 0) is 13.0 Å². The number of benzene rings is 3. The molecule has 11 heteroatoms. The zero-order valence-electron chi connectivity index (χ0n) is 23.6. The van der Waals surface area contributed by atoms with Gasteiger partial charge in [-0.25, -0.2) is 9.78 Å². The number of fused-ring (bicyclic) bond motifs is 1. The van der Waals surface area contributed by atoms with Crippen molar-refractivity contribution >= 4 is 69.7 Å². The Hall–Kier alpha value is -3.72. The average molecular weight is 626 g/mol. The topological polar surface area (TPSA) is 73.8 Å². The second-order valence-corrected chi connectivity index (χ2v) is 11.0. The maximum absolute atomic E-state index is 13.2. The predicted molar refractivity (Wildman–Crippen MR) is 172 cm³/mol. The fourth-order valence-corrected chi connectivity index (χ4v) is 5.96. The predicted octanol–water partition coefficient (Wildman–Crippen LogP) is 8.22. The smallest absolute Gasteiger partial charge is 0.330 e. The fraction of sp³-hybridized carbons (Fsp3) is 0.258. The standard InChI is InChI=1S/C31H31Cl3N6O2/c1-4-20-8-6-7-9-27(20)39(5-2)14-15-42-24-12-10-23(11-13-24)36-30-35-18-21-19-40(31(41)38(3)29(21)37-30)28-25(33)16-22(32)17-26(28)34/h6-13,16-18H,4-5,14-15,19H2,1-3H3,(H,35,36,37). The summed E-state index contributed by atoms with van der Waals surface area (Å²) in [6.45, 7) is 6.81. The van der Waals surface area contributed by atoms with Crippen LogP contribution in [0.15, 0.2) is 66.9 Å². The lowest BCUT2D eigenvalue weighted by molar-refractivity contribution is 0.251. The van der Waals surface area contributed by atoms with E-state index < -0.39 is 0 Å². The number of urea groups is 1. The average Bonchev–Trinajstić information content (AvgIpc) is 2.98. The third-order valence-electron chi connectivity index (χ3n) is 7.09. The molecule has 0 saturated carbocycles. The second-order valence-electron chi connectivity index (χ2n) is 9.75. The third kappa shape index (κ3) is 6.36. The summed E-state index contributed by atoms with van der Waals surface area (Å²) in [5.74, 6) is 1.64. The van der Waals surface area contributed by atoms with E-state index in [1.807, 2.05) is 24.3 Å². The van der Waals surface area contributed by atoms with E-state index >= 15 is 0 Å². The van der Waals surface area contributed by atoms with Crippen LogP contribution in [0.4, 0.5) is 33.6 Å². The Bertz CT molecular complexity index is 1560. The van der Waals surface area contributed by atoms with Crippen LogP contribution in [0.5, 0.6) is 5.75 Å². The molecule has 8 nitrogen and oxygen atoms in total. The monoisotopic (exact) mass is 624 g/mol. The highest BCUT2D eigenvalue weighted by molar-refractivity contribution is 6.42. The van der Waals surface area contributed by atoms with Crippen molar-refractivity contribution in [1.29, 1.82) is 0 Å². The van der Waals surface area contributed by atoms with Crippen LogP contribution in [-0.4, -0.2) is 42.7 Å². The molecule has 3 aromatic carbocycles. The van der Waals surface area contributed by atoms with Crippen molar-refractivity contribution in [2.75, 3.05) is 46.8 Å². The number of aryl methyl sites for hydroxylation is 1. The van der Waals surface area contributed by atoms with Gasteiger partial charge in [0, 0.05) is 41.8 Å². The number of hydrogen-bond donors (Lipinski definition) is 1. The van der Waals surface area contributed by atoms with Gasteiger partial charge in [0.15, 0.2) is 0 Å². The number of nitrogens with zero attached hydrogens (tertiary/aromatic N) is 5. The van der Waals surface area contributed by atoms with Gasteiger partial charge in [-0.05, 0) is 61.4 Å². The number of aromatic nitrogens is 2. The van der Waals surface area contributed by atoms with Crippen LogP contribution in [0, 0.1) is 0 Å². The Morgan fingerprint density at radius 2 is 1.74 bits per heavy atom. The molecule has 4 aromatic rings. The van der Waals surface area contributed by atoms with E-state index in [0.29, 0.717) is 29.1 Å². The molecule has 0 atom stereocenters. The van der Waals surface area contributed by atoms with Gasteiger partial charge >= 0.3 is 6.03 Å². The molecular weight excluding hydrogens is 595 g/mol. The van der Waals surface area contributed by atoms with Gasteiger partial charge in [0.05, 0.1) is 28.8 Å². The molecule has 0 bridgehead atoms. The summed E-state index contributed by atoms with van der Waals surface area (Å²) >= 11 is 18.8. The van der Waals surface area contributed by atoms with E-state index in [-0.39, 0.29) is 22.6 Å². The van der Waals surface area contributed by atoms with Crippen molar-refractivity contribution in [3.63, 3.8) is 0 Å². The highest BCUT2D eigenvalue weighted by Crippen LogP contribution is 2.40. The number of carbonyl (C=O) groups is 1. The highest BCUT2D eigenvalue weighted by Gasteiger charge is 2.33. The second kappa shape index (κ2) is 13.1. The lowest BCUT2D eigenvalue weighted by atomic mass is 10.1. The molecule has 5 rings (SSSR count). The first-order valence-corrected chi connectivity index (χ1v) is 14.8. The fourth-order valence-electron chi connectivity index (χ4n) is 4.94. The minimum absolute atomic E-state index is 0.214. The first-order valence-electron chi connectivity index (χ1n) is 13.7. The number of amides is 2. The first-order chi connectivity index (χ1) is 20.3. The van der Waals surface area contributed by atoms with Crippen molar-refractivity contribution < 1.29 is 9.53 Å². The van der Waals surface area contributed by atoms with E-state index in [4.69, 9.17) is 39.5 Å². The number of anilines is 5. The van der Waals surface area contributed by atoms with E-state index in [9.17, 15) is 4.79 Å². The molecule has 0 unspecified atom stereocenters. The summed E-state index contributed by atoms with van der Waals surface area (Å²) in [5, 5.41) is 4.17. The number of ether oxygens (including phenoxy) is 1. The SMILES string of the molecule is CCc1ccccc1N(CC)CCOc1ccc(Nc2ncc3c(n2)N(C)C(=O)N(c2c(Cl)cc(Cl)cc2Cl)C3)cc1. The minimum atomic E-state index is -0.320. The van der Waals surface area contributed by atoms with Crippen molar-refractivity contribution in [2.45, 2.75) is 26.8 Å². The highest BCUT2D eigenvalue weighted by atomic mass is 35.5. The Balaban J connectivity index is 1.22. The number of nitrogens with one attached hydrogen (secondary N) is 1. The number of rotatable bonds is 10. The van der Waals surface area contributed by atoms with Crippen LogP contribution in [0.25, 0.3) is 0 Å². The van der Waals surface area contributed by atoms with Crippen LogP contribution in [0.1, 0.15) is 25.0 Å². The van der Waals surface area contributed by atoms with Gasteiger partial charge in [0.1, 0.15) is 18.2 Å². The molecule has 0 radical (unpaired) electrons. The normalized spacial score (nSPS) is 12.8. The maximum Gasteiger partial charge on any atom is 0.330 e. The molecule has 1 aromatic heterocycles. The molecule has 42 heavy (non-hydrogen) atoms. The molecule has 0 fully saturated rings. The van der Waals surface area contributed by atoms with E-state index in [1.54, 1.807) is 25.4 Å². The quantitative estimate of drug-likeness (QED) is 0.191. The van der Waals surface area contributed by atoms with Crippen LogP contribution >= 0.6 is 34.8 Å². The molecule has 218 valence electrons. The number of carbonyl (C=O) groups excluding carboxylic acids is 1.